The van der Waals surface area contributed by atoms with Gasteiger partial charge in [-0.05, 0) is 25.5 Å². The molecule has 6 heteroatoms. The van der Waals surface area contributed by atoms with Crippen molar-refractivity contribution in [3.8, 4) is 0 Å². The minimum atomic E-state index is -0.747. The third-order valence-electron chi connectivity index (χ3n) is 1.86. The predicted octanol–water partition coefficient (Wildman–Crippen LogP) is 1.03. The predicted molar refractivity (Wildman–Crippen MR) is 68.1 cm³/mol. The summed E-state index contributed by atoms with van der Waals surface area (Å²) in [5, 5.41) is 6.17. The number of hydrogen-bond acceptors (Lipinski definition) is 4. The highest BCUT2D eigenvalue weighted by atomic mass is 32.1. The Labute approximate surface area is 104 Å². The molecule has 2 N–H and O–H groups in total. The molecule has 0 spiro atoms. The Morgan fingerprint density at radius 2 is 2.18 bits per heavy atom. The van der Waals surface area contributed by atoms with Crippen molar-refractivity contribution in [3.05, 3.63) is 21.9 Å². The molecule has 17 heavy (non-hydrogen) atoms. The molecule has 0 aliphatic heterocycles. The zero-order chi connectivity index (χ0) is 12.7. The summed E-state index contributed by atoms with van der Waals surface area (Å²) in [5.41, 5.74) is 2.17. The van der Waals surface area contributed by atoms with E-state index in [2.05, 4.69) is 15.8 Å². The summed E-state index contributed by atoms with van der Waals surface area (Å²) in [5.74, 6) is -1.41. The number of hydrazone groups is 1. The van der Waals surface area contributed by atoms with Gasteiger partial charge in [-0.3, -0.25) is 9.59 Å². The van der Waals surface area contributed by atoms with Crippen molar-refractivity contribution in [1.82, 2.24) is 10.7 Å². The maximum atomic E-state index is 11.2. The Hall–Kier alpha value is -1.69. The van der Waals surface area contributed by atoms with Gasteiger partial charge in [0.15, 0.2) is 0 Å². The van der Waals surface area contributed by atoms with E-state index in [1.165, 1.54) is 11.1 Å². The fourth-order valence-corrected chi connectivity index (χ4v) is 1.80. The van der Waals surface area contributed by atoms with Crippen LogP contribution in [0.2, 0.25) is 0 Å². The summed E-state index contributed by atoms with van der Waals surface area (Å²) < 4.78 is 0. The number of carbonyl (C=O) groups excluding carboxylic acids is 2. The number of hydrogen-bond donors (Lipinski definition) is 2. The minimum Gasteiger partial charge on any atom is -0.348 e. The molecular formula is C11H15N3O2S. The molecule has 1 rings (SSSR count). The van der Waals surface area contributed by atoms with E-state index in [0.29, 0.717) is 6.54 Å². The molecular weight excluding hydrogens is 238 g/mol. The zero-order valence-electron chi connectivity index (χ0n) is 9.82. The van der Waals surface area contributed by atoms with E-state index in [4.69, 9.17) is 0 Å². The number of aryl methyl sites for hydroxylation is 1. The number of amides is 2. The van der Waals surface area contributed by atoms with Gasteiger partial charge in [-0.25, -0.2) is 5.43 Å². The fraction of sp³-hybridized carbons (Fsp3) is 0.364. The molecule has 0 fully saturated rings. The Morgan fingerprint density at radius 3 is 2.76 bits per heavy atom. The molecule has 0 aliphatic carbocycles. The third-order valence-corrected chi connectivity index (χ3v) is 2.80. The summed E-state index contributed by atoms with van der Waals surface area (Å²) in [6.45, 7) is 4.38. The first-order valence-electron chi connectivity index (χ1n) is 5.31. The van der Waals surface area contributed by atoms with Crippen molar-refractivity contribution in [2.75, 3.05) is 6.54 Å². The van der Waals surface area contributed by atoms with E-state index in [9.17, 15) is 9.59 Å². The largest absolute Gasteiger partial charge is 0.348 e. The van der Waals surface area contributed by atoms with Crippen LogP contribution in [-0.4, -0.2) is 24.6 Å². The molecule has 0 atom stereocenters. The molecule has 0 bridgehead atoms. The van der Waals surface area contributed by atoms with E-state index < -0.39 is 11.8 Å². The van der Waals surface area contributed by atoms with Gasteiger partial charge in [0.05, 0.1) is 6.21 Å². The highest BCUT2D eigenvalue weighted by Gasteiger charge is 2.10. The molecule has 1 aromatic heterocycles. The SMILES string of the molecule is CCCNC(=O)C(=O)N/N=C\c1ccc(C)s1. The highest BCUT2D eigenvalue weighted by Crippen LogP contribution is 2.12. The second-order valence-corrected chi connectivity index (χ2v) is 4.72. The number of nitrogens with one attached hydrogen (secondary N) is 2. The summed E-state index contributed by atoms with van der Waals surface area (Å²) >= 11 is 1.56. The molecule has 0 radical (unpaired) electrons. The van der Waals surface area contributed by atoms with Crippen LogP contribution >= 0.6 is 11.3 Å². The van der Waals surface area contributed by atoms with Crippen molar-refractivity contribution >= 4 is 29.4 Å². The van der Waals surface area contributed by atoms with Crippen LogP contribution in [0.5, 0.6) is 0 Å². The molecule has 5 nitrogen and oxygen atoms in total. The Kier molecular flexibility index (Phi) is 5.35. The van der Waals surface area contributed by atoms with Gasteiger partial charge in [-0.2, -0.15) is 5.10 Å². The normalized spacial score (nSPS) is 10.5. The lowest BCUT2D eigenvalue weighted by molar-refractivity contribution is -0.139. The van der Waals surface area contributed by atoms with Crippen LogP contribution in [-0.2, 0) is 9.59 Å². The van der Waals surface area contributed by atoms with Crippen molar-refractivity contribution in [3.63, 3.8) is 0 Å². The monoisotopic (exact) mass is 253 g/mol. The smallest absolute Gasteiger partial charge is 0.329 e. The number of carbonyl (C=O) groups is 2. The van der Waals surface area contributed by atoms with Crippen molar-refractivity contribution in [2.24, 2.45) is 5.10 Å². The standard InChI is InChI=1S/C11H15N3O2S/c1-3-6-12-10(15)11(16)14-13-7-9-5-4-8(2)17-9/h4-5,7H,3,6H2,1-2H3,(H,12,15)(H,14,16)/b13-7-. The van der Waals surface area contributed by atoms with E-state index in [-0.39, 0.29) is 0 Å². The van der Waals surface area contributed by atoms with Crippen LogP contribution in [0, 0.1) is 6.92 Å². The van der Waals surface area contributed by atoms with E-state index in [0.717, 1.165) is 11.3 Å². The average Bonchev–Trinajstić information content (AvgIpc) is 2.71. The van der Waals surface area contributed by atoms with Crippen molar-refractivity contribution < 1.29 is 9.59 Å². The van der Waals surface area contributed by atoms with Crippen LogP contribution < -0.4 is 10.7 Å². The molecule has 0 aliphatic rings. The molecule has 0 saturated heterocycles. The summed E-state index contributed by atoms with van der Waals surface area (Å²) in [7, 11) is 0. The lowest BCUT2D eigenvalue weighted by atomic mass is 10.4. The van der Waals surface area contributed by atoms with Gasteiger partial charge >= 0.3 is 11.8 Å². The van der Waals surface area contributed by atoms with Gasteiger partial charge in [0, 0.05) is 16.3 Å². The molecule has 1 aromatic rings. The molecule has 0 saturated carbocycles. The van der Waals surface area contributed by atoms with E-state index in [1.54, 1.807) is 11.3 Å². The van der Waals surface area contributed by atoms with Crippen LogP contribution in [0.4, 0.5) is 0 Å². The molecule has 0 unspecified atom stereocenters. The average molecular weight is 253 g/mol. The second-order valence-electron chi connectivity index (χ2n) is 3.40. The quantitative estimate of drug-likeness (QED) is 0.478. The van der Waals surface area contributed by atoms with Gasteiger partial charge in [0.25, 0.3) is 0 Å². The van der Waals surface area contributed by atoms with E-state index in [1.807, 2.05) is 26.0 Å². The molecule has 92 valence electrons. The summed E-state index contributed by atoms with van der Waals surface area (Å²) in [6.07, 6.45) is 2.30. The first kappa shape index (κ1) is 13.4. The fourth-order valence-electron chi connectivity index (χ4n) is 1.05. The van der Waals surface area contributed by atoms with Gasteiger partial charge in [-0.15, -0.1) is 11.3 Å². The van der Waals surface area contributed by atoms with Gasteiger partial charge in [0.1, 0.15) is 0 Å². The Balaban J connectivity index is 2.37. The zero-order valence-corrected chi connectivity index (χ0v) is 10.6. The Morgan fingerprint density at radius 1 is 1.41 bits per heavy atom. The number of thiophene rings is 1. The van der Waals surface area contributed by atoms with E-state index >= 15 is 0 Å². The maximum Gasteiger partial charge on any atom is 0.329 e. The molecule has 1 heterocycles. The van der Waals surface area contributed by atoms with Crippen LogP contribution in [0.15, 0.2) is 17.2 Å². The number of rotatable bonds is 4. The maximum absolute atomic E-state index is 11.2. The van der Waals surface area contributed by atoms with Gasteiger partial charge < -0.3 is 5.32 Å². The summed E-state index contributed by atoms with van der Waals surface area (Å²) in [6, 6.07) is 3.86. The lowest BCUT2D eigenvalue weighted by Crippen LogP contribution is -2.38. The van der Waals surface area contributed by atoms with Crippen LogP contribution in [0.3, 0.4) is 0 Å². The van der Waals surface area contributed by atoms with Crippen LogP contribution in [0.25, 0.3) is 0 Å². The minimum absolute atomic E-state index is 0.486. The molecule has 2 amide bonds. The topological polar surface area (TPSA) is 70.6 Å². The molecule has 0 aromatic carbocycles. The first-order chi connectivity index (χ1) is 8.13. The highest BCUT2D eigenvalue weighted by molar-refractivity contribution is 7.13. The number of nitrogens with zero attached hydrogens (tertiary/aromatic N) is 1. The first-order valence-corrected chi connectivity index (χ1v) is 6.12. The van der Waals surface area contributed by atoms with Crippen LogP contribution in [0.1, 0.15) is 23.1 Å². The van der Waals surface area contributed by atoms with Crippen molar-refractivity contribution in [1.29, 1.82) is 0 Å². The lowest BCUT2D eigenvalue weighted by Gasteiger charge is -2.00. The second kappa shape index (κ2) is 6.80. The van der Waals surface area contributed by atoms with Gasteiger partial charge in [-0.1, -0.05) is 6.92 Å². The summed E-state index contributed by atoms with van der Waals surface area (Å²) in [4.78, 5) is 24.5. The Bertz CT molecular complexity index is 426. The van der Waals surface area contributed by atoms with Crippen molar-refractivity contribution in [2.45, 2.75) is 20.3 Å². The van der Waals surface area contributed by atoms with Gasteiger partial charge in [0.2, 0.25) is 0 Å². The third kappa shape index (κ3) is 4.78.